The minimum atomic E-state index is -4.14. The molecule has 0 aromatic heterocycles. The molecule has 118 valence electrons. The molecule has 0 spiro atoms. The molecule has 1 aliphatic carbocycles. The van der Waals surface area contributed by atoms with Gasteiger partial charge >= 0.3 is 6.18 Å². The first kappa shape index (κ1) is 16.2. The summed E-state index contributed by atoms with van der Waals surface area (Å²) in [6, 6.07) is 2.93. The van der Waals surface area contributed by atoms with Crippen LogP contribution in [-0.4, -0.2) is 12.2 Å². The lowest BCUT2D eigenvalue weighted by Gasteiger charge is -2.32. The van der Waals surface area contributed by atoms with Gasteiger partial charge in [-0.1, -0.05) is 6.07 Å². The van der Waals surface area contributed by atoms with Crippen LogP contribution in [0.3, 0.4) is 0 Å². The van der Waals surface area contributed by atoms with E-state index in [2.05, 4.69) is 5.32 Å². The van der Waals surface area contributed by atoms with Gasteiger partial charge in [-0.05, 0) is 44.7 Å². The Morgan fingerprint density at radius 1 is 1.05 bits per heavy atom. The predicted molar refractivity (Wildman–Crippen MR) is 69.7 cm³/mol. The summed E-state index contributed by atoms with van der Waals surface area (Å²) in [6.07, 6.45) is -3.29. The molecular weight excluding hydrogens is 289 g/mol. The lowest BCUT2D eigenvalue weighted by atomic mass is 9.85. The van der Waals surface area contributed by atoms with Gasteiger partial charge in [-0.3, -0.25) is 0 Å². The fraction of sp³-hybridized carbons (Fsp3) is 0.600. The van der Waals surface area contributed by atoms with Crippen LogP contribution < -0.4 is 5.32 Å². The average Bonchev–Trinajstić information content (AvgIpc) is 2.38. The molecule has 0 bridgehead atoms. The highest BCUT2D eigenvalue weighted by Gasteiger charge is 2.41. The molecule has 2 rings (SSSR count). The molecule has 1 atom stereocenters. The molecule has 21 heavy (non-hydrogen) atoms. The van der Waals surface area contributed by atoms with E-state index in [0.717, 1.165) is 0 Å². The Morgan fingerprint density at radius 2 is 1.57 bits per heavy atom. The van der Waals surface area contributed by atoms with E-state index in [1.165, 1.54) is 18.2 Å². The second-order valence-corrected chi connectivity index (χ2v) is 5.61. The number of hydrogen-bond donors (Lipinski definition) is 1. The molecule has 0 radical (unpaired) electrons. The highest BCUT2D eigenvalue weighted by Crippen LogP contribution is 2.38. The summed E-state index contributed by atoms with van der Waals surface area (Å²) >= 11 is 0. The van der Waals surface area contributed by atoms with E-state index in [0.29, 0.717) is 12.8 Å². The van der Waals surface area contributed by atoms with Crippen molar-refractivity contribution in [2.24, 2.45) is 5.92 Å². The first-order chi connectivity index (χ1) is 9.79. The normalized spacial score (nSPS) is 24.9. The minimum absolute atomic E-state index is 0.0598. The van der Waals surface area contributed by atoms with E-state index < -0.39 is 29.8 Å². The average molecular weight is 307 g/mol. The summed E-state index contributed by atoms with van der Waals surface area (Å²) in [5.74, 6) is -2.53. The second kappa shape index (κ2) is 6.30. The van der Waals surface area contributed by atoms with E-state index in [9.17, 15) is 22.0 Å². The molecule has 0 amide bonds. The topological polar surface area (TPSA) is 12.0 Å². The molecule has 1 aromatic carbocycles. The lowest BCUT2D eigenvalue weighted by molar-refractivity contribution is -0.182. The van der Waals surface area contributed by atoms with Crippen LogP contribution in [0.15, 0.2) is 18.2 Å². The van der Waals surface area contributed by atoms with Crippen molar-refractivity contribution >= 4 is 0 Å². The van der Waals surface area contributed by atoms with Gasteiger partial charge in [0.15, 0.2) is 0 Å². The number of benzene rings is 1. The maximum absolute atomic E-state index is 13.6. The van der Waals surface area contributed by atoms with Gasteiger partial charge < -0.3 is 5.32 Å². The Hall–Kier alpha value is -1.17. The molecule has 1 aromatic rings. The second-order valence-electron chi connectivity index (χ2n) is 5.61. The summed E-state index contributed by atoms with van der Waals surface area (Å²) in [5.41, 5.74) is -0.0598. The van der Waals surface area contributed by atoms with Gasteiger partial charge in [-0.2, -0.15) is 13.2 Å². The van der Waals surface area contributed by atoms with E-state index in [1.54, 1.807) is 6.92 Å². The zero-order valence-corrected chi connectivity index (χ0v) is 11.7. The standard InChI is InChI=1S/C15H18F5N/c1-9(14-12(16)3-2-4-13(14)17)21-11-7-5-10(6-8-11)15(18,19)20/h2-4,9-11,21H,5-8H2,1H3. The van der Waals surface area contributed by atoms with Crippen LogP contribution in [0.2, 0.25) is 0 Å². The molecule has 6 heteroatoms. The van der Waals surface area contributed by atoms with E-state index in [4.69, 9.17) is 0 Å². The molecule has 1 fully saturated rings. The fourth-order valence-corrected chi connectivity index (χ4v) is 2.95. The van der Waals surface area contributed by atoms with Gasteiger partial charge in [-0.15, -0.1) is 0 Å². The third-order valence-electron chi connectivity index (χ3n) is 4.11. The monoisotopic (exact) mass is 307 g/mol. The first-order valence-corrected chi connectivity index (χ1v) is 7.05. The van der Waals surface area contributed by atoms with Crippen LogP contribution in [0.1, 0.15) is 44.2 Å². The van der Waals surface area contributed by atoms with E-state index in [-0.39, 0.29) is 24.4 Å². The van der Waals surface area contributed by atoms with Crippen molar-refractivity contribution < 1.29 is 22.0 Å². The van der Waals surface area contributed by atoms with Crippen LogP contribution in [0.25, 0.3) is 0 Å². The van der Waals surface area contributed by atoms with E-state index in [1.807, 2.05) is 0 Å². The fourth-order valence-electron chi connectivity index (χ4n) is 2.95. The Bertz CT molecular complexity index is 457. The number of halogens is 5. The van der Waals surface area contributed by atoms with Crippen molar-refractivity contribution in [3.05, 3.63) is 35.4 Å². The number of hydrogen-bond acceptors (Lipinski definition) is 1. The number of nitrogens with one attached hydrogen (secondary N) is 1. The summed E-state index contributed by atoms with van der Waals surface area (Å²) < 4.78 is 65.0. The minimum Gasteiger partial charge on any atom is -0.307 e. The van der Waals surface area contributed by atoms with Gasteiger partial charge in [0.25, 0.3) is 0 Å². The molecule has 1 nitrogen and oxygen atoms in total. The number of alkyl halides is 3. The zero-order chi connectivity index (χ0) is 15.6. The van der Waals surface area contributed by atoms with Gasteiger partial charge in [0, 0.05) is 17.6 Å². The Morgan fingerprint density at radius 3 is 2.05 bits per heavy atom. The third kappa shape index (κ3) is 3.93. The van der Waals surface area contributed by atoms with Gasteiger partial charge in [0.05, 0.1) is 5.92 Å². The molecule has 0 aliphatic heterocycles. The summed E-state index contributed by atoms with van der Waals surface area (Å²) in [4.78, 5) is 0. The SMILES string of the molecule is CC(NC1CCC(C(F)(F)F)CC1)c1c(F)cccc1F. The van der Waals surface area contributed by atoms with Crippen LogP contribution >= 0.6 is 0 Å². The molecule has 1 N–H and O–H groups in total. The van der Waals surface area contributed by atoms with Gasteiger partial charge in [0.2, 0.25) is 0 Å². The Labute approximate surface area is 120 Å². The van der Waals surface area contributed by atoms with Crippen molar-refractivity contribution in [2.45, 2.75) is 50.9 Å². The van der Waals surface area contributed by atoms with Crippen LogP contribution in [0.4, 0.5) is 22.0 Å². The summed E-state index contributed by atoms with van der Waals surface area (Å²) in [7, 11) is 0. The van der Waals surface area contributed by atoms with Crippen LogP contribution in [-0.2, 0) is 0 Å². The van der Waals surface area contributed by atoms with E-state index >= 15 is 0 Å². The van der Waals surface area contributed by atoms with Crippen molar-refractivity contribution in [1.29, 1.82) is 0 Å². The first-order valence-electron chi connectivity index (χ1n) is 7.05. The molecule has 1 aliphatic rings. The summed E-state index contributed by atoms with van der Waals surface area (Å²) in [5, 5.41) is 3.04. The highest BCUT2D eigenvalue weighted by atomic mass is 19.4. The Kier molecular flexibility index (Phi) is 4.86. The van der Waals surface area contributed by atoms with Gasteiger partial charge in [0.1, 0.15) is 11.6 Å². The molecule has 0 heterocycles. The van der Waals surface area contributed by atoms with Crippen molar-refractivity contribution in [3.63, 3.8) is 0 Å². The lowest BCUT2D eigenvalue weighted by Crippen LogP contribution is -2.38. The largest absolute Gasteiger partial charge is 0.391 e. The van der Waals surface area contributed by atoms with Crippen molar-refractivity contribution in [3.8, 4) is 0 Å². The van der Waals surface area contributed by atoms with Crippen LogP contribution in [0, 0.1) is 17.6 Å². The highest BCUT2D eigenvalue weighted by molar-refractivity contribution is 5.22. The number of rotatable bonds is 3. The molecule has 1 unspecified atom stereocenters. The Balaban J connectivity index is 1.95. The molecular formula is C15H18F5N. The van der Waals surface area contributed by atoms with Crippen molar-refractivity contribution in [1.82, 2.24) is 5.32 Å². The molecule has 1 saturated carbocycles. The predicted octanol–water partition coefficient (Wildman–Crippen LogP) is 4.74. The zero-order valence-electron chi connectivity index (χ0n) is 11.7. The van der Waals surface area contributed by atoms with Crippen molar-refractivity contribution in [2.75, 3.05) is 0 Å². The van der Waals surface area contributed by atoms with Crippen LogP contribution in [0.5, 0.6) is 0 Å². The molecule has 0 saturated heterocycles. The maximum atomic E-state index is 13.6. The smallest absolute Gasteiger partial charge is 0.307 e. The third-order valence-corrected chi connectivity index (χ3v) is 4.11. The maximum Gasteiger partial charge on any atom is 0.391 e. The quantitative estimate of drug-likeness (QED) is 0.796. The summed E-state index contributed by atoms with van der Waals surface area (Å²) in [6.45, 7) is 1.62. The van der Waals surface area contributed by atoms with Gasteiger partial charge in [-0.25, -0.2) is 8.78 Å².